The number of H-pyrrole nitrogens is 1. The number of aromatic amines is 1. The van der Waals surface area contributed by atoms with Crippen molar-refractivity contribution in [2.75, 3.05) is 19.6 Å². The quantitative estimate of drug-likeness (QED) is 0.746. The highest BCUT2D eigenvalue weighted by Gasteiger charge is 2.41. The summed E-state index contributed by atoms with van der Waals surface area (Å²) in [7, 11) is 0. The van der Waals surface area contributed by atoms with Gasteiger partial charge in [-0.3, -0.25) is 9.89 Å². The number of aromatic nitrogens is 2. The maximum Gasteiger partial charge on any atom is 0.410 e. The number of nitrogens with one attached hydrogen (secondary N) is 1. The molecule has 0 bridgehead atoms. The Kier molecular flexibility index (Phi) is 5.33. The number of amides is 2. The molecule has 1 fully saturated rings. The number of likely N-dealkylation sites (tertiary alicyclic amines) is 1. The molecule has 1 N–H and O–H groups in total. The Morgan fingerprint density at radius 1 is 1.23 bits per heavy atom. The topological polar surface area (TPSA) is 78.5 Å². The van der Waals surface area contributed by atoms with Gasteiger partial charge < -0.3 is 14.5 Å². The molecule has 1 atom stereocenters. The third kappa shape index (κ3) is 3.89. The summed E-state index contributed by atoms with van der Waals surface area (Å²) >= 11 is 3.55. The molecule has 2 aliphatic rings. The van der Waals surface area contributed by atoms with E-state index in [9.17, 15) is 9.59 Å². The lowest BCUT2D eigenvalue weighted by Gasteiger charge is -2.43. The molecule has 7 nitrogen and oxygen atoms in total. The van der Waals surface area contributed by atoms with Crippen LogP contribution in [0.2, 0.25) is 0 Å². The van der Waals surface area contributed by atoms with Crippen molar-refractivity contribution in [2.45, 2.75) is 58.6 Å². The SMILES string of the molecule is CC(=O)N1CCC(C2c3c(Br)n[nH]c3CCN2C(=O)OC(C)(C)C)CC1. The number of hydrogen-bond donors (Lipinski definition) is 1. The zero-order valence-corrected chi connectivity index (χ0v) is 17.4. The Balaban J connectivity index is 1.87. The van der Waals surface area contributed by atoms with Crippen molar-refractivity contribution < 1.29 is 14.3 Å². The minimum atomic E-state index is -0.534. The molecular formula is C18H27BrN4O3. The summed E-state index contributed by atoms with van der Waals surface area (Å²) in [6, 6.07) is -0.0872. The second-order valence-corrected chi connectivity index (χ2v) is 8.87. The first kappa shape index (κ1) is 19.2. The van der Waals surface area contributed by atoms with E-state index >= 15 is 0 Å². The number of halogens is 1. The number of carbonyl (C=O) groups excluding carboxylic acids is 2. The van der Waals surface area contributed by atoms with Gasteiger partial charge in [0.1, 0.15) is 10.2 Å². The van der Waals surface area contributed by atoms with E-state index in [4.69, 9.17) is 4.74 Å². The van der Waals surface area contributed by atoms with Crippen molar-refractivity contribution in [3.63, 3.8) is 0 Å². The van der Waals surface area contributed by atoms with Crippen molar-refractivity contribution in [3.05, 3.63) is 15.9 Å². The molecule has 0 radical (unpaired) electrons. The zero-order chi connectivity index (χ0) is 19.1. The minimum absolute atomic E-state index is 0.0872. The predicted octanol–water partition coefficient (Wildman–Crippen LogP) is 3.27. The number of ether oxygens (including phenoxy) is 1. The largest absolute Gasteiger partial charge is 0.444 e. The van der Waals surface area contributed by atoms with Gasteiger partial charge in [0.2, 0.25) is 5.91 Å². The highest BCUT2D eigenvalue weighted by Crippen LogP contribution is 2.42. The van der Waals surface area contributed by atoms with E-state index in [0.29, 0.717) is 6.54 Å². The van der Waals surface area contributed by atoms with Gasteiger partial charge in [-0.05, 0) is 55.5 Å². The summed E-state index contributed by atoms with van der Waals surface area (Å²) in [5, 5.41) is 7.39. The predicted molar refractivity (Wildman–Crippen MR) is 101 cm³/mol. The summed E-state index contributed by atoms with van der Waals surface area (Å²) in [4.78, 5) is 28.2. The molecule has 0 spiro atoms. The second kappa shape index (κ2) is 7.21. The van der Waals surface area contributed by atoms with Crippen LogP contribution in [-0.2, 0) is 16.0 Å². The Bertz CT molecular complexity index is 689. The van der Waals surface area contributed by atoms with Gasteiger partial charge in [0.15, 0.2) is 0 Å². The Morgan fingerprint density at radius 3 is 2.46 bits per heavy atom. The number of piperidine rings is 1. The molecule has 26 heavy (non-hydrogen) atoms. The van der Waals surface area contributed by atoms with Gasteiger partial charge in [-0.25, -0.2) is 4.79 Å². The fourth-order valence-corrected chi connectivity index (χ4v) is 4.49. The lowest BCUT2D eigenvalue weighted by molar-refractivity contribution is -0.130. The first-order valence-corrected chi connectivity index (χ1v) is 9.94. The van der Waals surface area contributed by atoms with Gasteiger partial charge in [0.05, 0.1) is 6.04 Å². The van der Waals surface area contributed by atoms with Gasteiger partial charge >= 0.3 is 6.09 Å². The molecular weight excluding hydrogens is 400 g/mol. The van der Waals surface area contributed by atoms with E-state index in [1.807, 2.05) is 30.6 Å². The molecule has 2 aliphatic heterocycles. The summed E-state index contributed by atoms with van der Waals surface area (Å²) in [5.74, 6) is 0.382. The number of hydrogen-bond acceptors (Lipinski definition) is 4. The van der Waals surface area contributed by atoms with Crippen LogP contribution in [-0.4, -0.2) is 57.2 Å². The van der Waals surface area contributed by atoms with Crippen LogP contribution in [0.5, 0.6) is 0 Å². The van der Waals surface area contributed by atoms with Gasteiger partial charge in [-0.1, -0.05) is 0 Å². The summed E-state index contributed by atoms with van der Waals surface area (Å²) in [5.41, 5.74) is 1.60. The second-order valence-electron chi connectivity index (χ2n) is 8.12. The molecule has 144 valence electrons. The van der Waals surface area contributed by atoms with Crippen molar-refractivity contribution in [3.8, 4) is 0 Å². The Labute approximate surface area is 162 Å². The van der Waals surface area contributed by atoms with Crippen LogP contribution in [0.15, 0.2) is 4.60 Å². The first-order valence-electron chi connectivity index (χ1n) is 9.15. The Morgan fingerprint density at radius 2 is 1.88 bits per heavy atom. The molecule has 8 heteroatoms. The zero-order valence-electron chi connectivity index (χ0n) is 15.8. The molecule has 1 aromatic heterocycles. The average Bonchev–Trinajstić information content (AvgIpc) is 2.94. The van der Waals surface area contributed by atoms with E-state index in [1.165, 1.54) is 0 Å². The maximum absolute atomic E-state index is 12.9. The van der Waals surface area contributed by atoms with Crippen LogP contribution in [0, 0.1) is 5.92 Å². The molecule has 0 saturated carbocycles. The van der Waals surface area contributed by atoms with Gasteiger partial charge in [-0.15, -0.1) is 0 Å². The summed E-state index contributed by atoms with van der Waals surface area (Å²) in [6.07, 6.45) is 2.17. The number of carbonyl (C=O) groups is 2. The summed E-state index contributed by atoms with van der Waals surface area (Å²) in [6.45, 7) is 9.32. The normalized spacial score (nSPS) is 21.5. The first-order chi connectivity index (χ1) is 12.2. The van der Waals surface area contributed by atoms with Crippen molar-refractivity contribution in [2.24, 2.45) is 5.92 Å². The van der Waals surface area contributed by atoms with Crippen molar-refractivity contribution >= 4 is 27.9 Å². The fourth-order valence-electron chi connectivity index (χ4n) is 3.93. The van der Waals surface area contributed by atoms with Crippen LogP contribution in [0.4, 0.5) is 4.79 Å². The van der Waals surface area contributed by atoms with Crippen molar-refractivity contribution in [1.82, 2.24) is 20.0 Å². The molecule has 3 heterocycles. The monoisotopic (exact) mass is 426 g/mol. The van der Waals surface area contributed by atoms with Crippen LogP contribution in [0.3, 0.4) is 0 Å². The van der Waals surface area contributed by atoms with Gasteiger partial charge in [0.25, 0.3) is 0 Å². The smallest absolute Gasteiger partial charge is 0.410 e. The van der Waals surface area contributed by atoms with Crippen LogP contribution in [0.25, 0.3) is 0 Å². The molecule has 3 rings (SSSR count). The van der Waals surface area contributed by atoms with Gasteiger partial charge in [-0.2, -0.15) is 5.10 Å². The highest BCUT2D eigenvalue weighted by atomic mass is 79.9. The number of rotatable bonds is 1. The maximum atomic E-state index is 12.9. The molecule has 1 aromatic rings. The fraction of sp³-hybridized carbons (Fsp3) is 0.722. The summed E-state index contributed by atoms with van der Waals surface area (Å²) < 4.78 is 6.43. The molecule has 1 unspecified atom stereocenters. The van der Waals surface area contributed by atoms with Crippen LogP contribution < -0.4 is 0 Å². The molecule has 0 aliphatic carbocycles. The third-order valence-electron chi connectivity index (χ3n) is 5.13. The van der Waals surface area contributed by atoms with E-state index < -0.39 is 5.60 Å². The van der Waals surface area contributed by atoms with Crippen molar-refractivity contribution in [1.29, 1.82) is 0 Å². The van der Waals surface area contributed by atoms with E-state index in [1.54, 1.807) is 6.92 Å². The minimum Gasteiger partial charge on any atom is -0.444 e. The van der Waals surface area contributed by atoms with Crippen LogP contribution >= 0.6 is 15.9 Å². The highest BCUT2D eigenvalue weighted by molar-refractivity contribution is 9.10. The molecule has 2 amide bonds. The van der Waals surface area contributed by atoms with Crippen LogP contribution in [0.1, 0.15) is 57.8 Å². The molecule has 1 saturated heterocycles. The lowest BCUT2D eigenvalue weighted by Crippen LogP contribution is -2.48. The van der Waals surface area contributed by atoms with E-state index in [0.717, 1.165) is 48.2 Å². The Hall–Kier alpha value is -1.57. The number of fused-ring (bicyclic) bond motifs is 1. The third-order valence-corrected chi connectivity index (χ3v) is 5.73. The van der Waals surface area contributed by atoms with E-state index in [-0.39, 0.29) is 24.0 Å². The van der Waals surface area contributed by atoms with E-state index in [2.05, 4.69) is 26.1 Å². The standard InChI is InChI=1S/C18H27BrN4O3/c1-11(24)22-8-5-12(6-9-22)15-14-13(20-21-16(14)19)7-10-23(15)17(25)26-18(2,3)4/h12,15H,5-10H2,1-4H3,(H,20,21). The van der Waals surface area contributed by atoms with Gasteiger partial charge in [0, 0.05) is 44.2 Å². The number of nitrogens with zero attached hydrogens (tertiary/aromatic N) is 3. The molecule has 0 aromatic carbocycles. The lowest BCUT2D eigenvalue weighted by atomic mass is 9.82. The average molecular weight is 427 g/mol.